The molecule has 0 bridgehead atoms. The van der Waals surface area contributed by atoms with Gasteiger partial charge in [-0.05, 0) is 43.7 Å². The summed E-state index contributed by atoms with van der Waals surface area (Å²) >= 11 is 0. The number of hydrogen-bond acceptors (Lipinski definition) is 4. The summed E-state index contributed by atoms with van der Waals surface area (Å²) in [7, 11) is 1.68. The zero-order chi connectivity index (χ0) is 18.9. The van der Waals surface area contributed by atoms with Crippen LogP contribution in [0.1, 0.15) is 22.5 Å². The van der Waals surface area contributed by atoms with Gasteiger partial charge in [0.05, 0.1) is 11.3 Å². The molecule has 136 valence electrons. The Labute approximate surface area is 149 Å². The molecule has 0 fully saturated rings. The van der Waals surface area contributed by atoms with E-state index in [1.807, 2.05) is 19.9 Å². The summed E-state index contributed by atoms with van der Waals surface area (Å²) in [5.41, 5.74) is 1.34. The van der Waals surface area contributed by atoms with Crippen LogP contribution >= 0.6 is 0 Å². The van der Waals surface area contributed by atoms with E-state index >= 15 is 0 Å². The minimum Gasteiger partial charge on any atom is -0.354 e. The number of hydrogen-bond donors (Lipinski definition) is 0. The van der Waals surface area contributed by atoms with Gasteiger partial charge in [-0.15, -0.1) is 10.2 Å². The Morgan fingerprint density at radius 2 is 1.77 bits per heavy atom. The molecule has 3 rings (SSSR count). The summed E-state index contributed by atoms with van der Waals surface area (Å²) < 4.78 is 41.0. The molecule has 26 heavy (non-hydrogen) atoms. The van der Waals surface area contributed by atoms with Crippen molar-refractivity contribution < 1.29 is 13.2 Å². The Balaban J connectivity index is 1.81. The molecule has 3 aromatic rings. The molecule has 8 heteroatoms. The fraction of sp³-hybridized carbons (Fsp3) is 0.278. The van der Waals surface area contributed by atoms with Crippen LogP contribution in [0.4, 0.5) is 19.0 Å². The first-order valence-corrected chi connectivity index (χ1v) is 7.99. The van der Waals surface area contributed by atoms with Crippen LogP contribution in [0.2, 0.25) is 0 Å². The van der Waals surface area contributed by atoms with Gasteiger partial charge in [0.2, 0.25) is 0 Å². The summed E-state index contributed by atoms with van der Waals surface area (Å²) in [6.45, 7) is 3.87. The van der Waals surface area contributed by atoms with Crippen LogP contribution in [-0.2, 0) is 12.7 Å². The van der Waals surface area contributed by atoms with Crippen molar-refractivity contribution in [1.29, 1.82) is 0 Å². The maximum atomic E-state index is 13.1. The van der Waals surface area contributed by atoms with Crippen LogP contribution in [0.15, 0.2) is 42.5 Å². The molecular formula is C18H18F3N5. The topological polar surface area (TPSA) is 46.8 Å². The third-order valence-electron chi connectivity index (χ3n) is 3.98. The molecule has 0 amide bonds. The predicted octanol–water partition coefficient (Wildman–Crippen LogP) is 3.93. The second-order valence-corrected chi connectivity index (χ2v) is 6.10. The van der Waals surface area contributed by atoms with Gasteiger partial charge >= 0.3 is 6.18 Å². The van der Waals surface area contributed by atoms with E-state index in [-0.39, 0.29) is 12.1 Å². The molecule has 0 radical (unpaired) electrons. The molecule has 0 saturated carbocycles. The normalized spacial score (nSPS) is 11.6. The Kier molecular flexibility index (Phi) is 4.67. The standard InChI is InChI=1S/C18H18F3N5/c1-12-10-13(2)26(24-12)17-9-8-16(22-23-17)25(3)11-14-6-4-5-7-15(14)18(19,20)21/h4-10H,11H2,1-3H3. The lowest BCUT2D eigenvalue weighted by Crippen LogP contribution is -2.21. The molecule has 0 aliphatic rings. The molecule has 0 N–H and O–H groups in total. The summed E-state index contributed by atoms with van der Waals surface area (Å²) in [5.74, 6) is 1.04. The van der Waals surface area contributed by atoms with E-state index in [2.05, 4.69) is 15.3 Å². The summed E-state index contributed by atoms with van der Waals surface area (Å²) in [4.78, 5) is 1.63. The average molecular weight is 361 g/mol. The van der Waals surface area contributed by atoms with E-state index in [0.29, 0.717) is 11.6 Å². The number of rotatable bonds is 4. The fourth-order valence-corrected chi connectivity index (χ4v) is 2.77. The summed E-state index contributed by atoms with van der Waals surface area (Å²) in [6, 6.07) is 10.9. The first-order valence-electron chi connectivity index (χ1n) is 7.99. The molecule has 5 nitrogen and oxygen atoms in total. The Morgan fingerprint density at radius 3 is 2.35 bits per heavy atom. The SMILES string of the molecule is Cc1cc(C)n(-c2ccc(N(C)Cc3ccccc3C(F)(F)F)nn2)n1. The number of aromatic nitrogens is 4. The van der Waals surface area contributed by atoms with Gasteiger partial charge < -0.3 is 4.90 Å². The second kappa shape index (κ2) is 6.78. The molecule has 0 unspecified atom stereocenters. The van der Waals surface area contributed by atoms with Crippen molar-refractivity contribution in [3.8, 4) is 5.82 Å². The Bertz CT molecular complexity index is 900. The smallest absolute Gasteiger partial charge is 0.354 e. The largest absolute Gasteiger partial charge is 0.416 e. The maximum Gasteiger partial charge on any atom is 0.416 e. The summed E-state index contributed by atoms with van der Waals surface area (Å²) in [5, 5.41) is 12.6. The van der Waals surface area contributed by atoms with Crippen molar-refractivity contribution >= 4 is 5.82 Å². The third kappa shape index (κ3) is 3.68. The number of benzene rings is 1. The van der Waals surface area contributed by atoms with E-state index < -0.39 is 11.7 Å². The molecule has 2 heterocycles. The minimum atomic E-state index is -4.39. The van der Waals surface area contributed by atoms with Gasteiger partial charge in [0.15, 0.2) is 11.6 Å². The highest BCUT2D eigenvalue weighted by atomic mass is 19.4. The average Bonchev–Trinajstić information content (AvgIpc) is 2.93. The number of halogens is 3. The van der Waals surface area contributed by atoms with E-state index in [4.69, 9.17) is 0 Å². The van der Waals surface area contributed by atoms with Gasteiger partial charge in [-0.2, -0.15) is 18.3 Å². The highest BCUT2D eigenvalue weighted by Gasteiger charge is 2.33. The highest BCUT2D eigenvalue weighted by molar-refractivity contribution is 5.42. The molecule has 0 spiro atoms. The Hall–Kier alpha value is -2.90. The number of nitrogens with zero attached hydrogens (tertiary/aromatic N) is 5. The van der Waals surface area contributed by atoms with Crippen molar-refractivity contribution in [2.75, 3.05) is 11.9 Å². The monoisotopic (exact) mass is 361 g/mol. The summed E-state index contributed by atoms with van der Waals surface area (Å²) in [6.07, 6.45) is -4.39. The van der Waals surface area contributed by atoms with Crippen LogP contribution in [-0.4, -0.2) is 27.0 Å². The van der Waals surface area contributed by atoms with Crippen LogP contribution in [0, 0.1) is 13.8 Å². The third-order valence-corrected chi connectivity index (χ3v) is 3.98. The lowest BCUT2D eigenvalue weighted by atomic mass is 10.1. The quantitative estimate of drug-likeness (QED) is 0.706. The minimum absolute atomic E-state index is 0.0730. The van der Waals surface area contributed by atoms with Crippen LogP contribution < -0.4 is 4.90 Å². The first-order chi connectivity index (χ1) is 12.3. The molecule has 0 saturated heterocycles. The highest BCUT2D eigenvalue weighted by Crippen LogP contribution is 2.32. The maximum absolute atomic E-state index is 13.1. The molecule has 2 aromatic heterocycles. The van der Waals surface area contributed by atoms with Crippen molar-refractivity contribution in [2.45, 2.75) is 26.6 Å². The second-order valence-electron chi connectivity index (χ2n) is 6.10. The predicted molar refractivity (Wildman–Crippen MR) is 92.2 cm³/mol. The fourth-order valence-electron chi connectivity index (χ4n) is 2.77. The molecular weight excluding hydrogens is 343 g/mol. The van der Waals surface area contributed by atoms with E-state index in [0.717, 1.165) is 17.5 Å². The lowest BCUT2D eigenvalue weighted by molar-refractivity contribution is -0.138. The van der Waals surface area contributed by atoms with Gasteiger partial charge in [0, 0.05) is 19.3 Å². The van der Waals surface area contributed by atoms with Crippen LogP contribution in [0.5, 0.6) is 0 Å². The van der Waals surface area contributed by atoms with Crippen molar-refractivity contribution in [1.82, 2.24) is 20.0 Å². The zero-order valence-corrected chi connectivity index (χ0v) is 14.6. The van der Waals surface area contributed by atoms with E-state index in [9.17, 15) is 13.2 Å². The molecule has 0 aliphatic heterocycles. The van der Waals surface area contributed by atoms with Gasteiger partial charge in [0.25, 0.3) is 0 Å². The van der Waals surface area contributed by atoms with Crippen molar-refractivity contribution in [3.05, 3.63) is 65.0 Å². The molecule has 1 aromatic carbocycles. The van der Waals surface area contributed by atoms with Gasteiger partial charge in [-0.25, -0.2) is 4.68 Å². The van der Waals surface area contributed by atoms with Crippen molar-refractivity contribution in [3.63, 3.8) is 0 Å². The van der Waals surface area contributed by atoms with Crippen LogP contribution in [0.3, 0.4) is 0 Å². The number of aryl methyl sites for hydroxylation is 2. The van der Waals surface area contributed by atoms with Gasteiger partial charge in [0.1, 0.15) is 0 Å². The Morgan fingerprint density at radius 1 is 1.04 bits per heavy atom. The zero-order valence-electron chi connectivity index (χ0n) is 14.6. The number of alkyl halides is 3. The van der Waals surface area contributed by atoms with Crippen molar-refractivity contribution in [2.24, 2.45) is 0 Å². The molecule has 0 atom stereocenters. The van der Waals surface area contributed by atoms with E-state index in [1.165, 1.54) is 12.1 Å². The van der Waals surface area contributed by atoms with E-state index in [1.54, 1.807) is 34.8 Å². The van der Waals surface area contributed by atoms with Gasteiger partial charge in [-0.1, -0.05) is 18.2 Å². The molecule has 0 aliphatic carbocycles. The first kappa shape index (κ1) is 17.9. The number of anilines is 1. The van der Waals surface area contributed by atoms with Gasteiger partial charge in [-0.3, -0.25) is 0 Å². The van der Waals surface area contributed by atoms with Crippen LogP contribution in [0.25, 0.3) is 5.82 Å². The lowest BCUT2D eigenvalue weighted by Gasteiger charge is -2.20.